The number of methoxy groups -OCH3 is 2. The van der Waals surface area contributed by atoms with Crippen LogP contribution in [-0.2, 0) is 0 Å². The summed E-state index contributed by atoms with van der Waals surface area (Å²) < 4.78 is 16.6. The molecule has 0 aliphatic heterocycles. The van der Waals surface area contributed by atoms with Gasteiger partial charge in [0.1, 0.15) is 12.0 Å². The van der Waals surface area contributed by atoms with Gasteiger partial charge in [0.25, 0.3) is 0 Å². The van der Waals surface area contributed by atoms with Gasteiger partial charge in [-0.3, -0.25) is 4.79 Å². The van der Waals surface area contributed by atoms with Crippen LogP contribution in [0.4, 0.5) is 0 Å². The van der Waals surface area contributed by atoms with Gasteiger partial charge >= 0.3 is 0 Å². The van der Waals surface area contributed by atoms with Crippen molar-refractivity contribution in [2.75, 3.05) is 14.2 Å². The molecule has 0 aliphatic rings. The van der Waals surface area contributed by atoms with Crippen molar-refractivity contribution in [3.63, 3.8) is 0 Å². The molecule has 0 aromatic heterocycles. The van der Waals surface area contributed by atoms with Crippen molar-refractivity contribution in [2.24, 2.45) is 0 Å². The highest BCUT2D eigenvalue weighted by molar-refractivity contribution is 5.78. The molecule has 0 saturated carbocycles. The van der Waals surface area contributed by atoms with Crippen LogP contribution in [0, 0.1) is 6.92 Å². The number of carbonyl (C=O) groups is 1. The lowest BCUT2D eigenvalue weighted by Gasteiger charge is -2.14. The van der Waals surface area contributed by atoms with Crippen LogP contribution in [0.15, 0.2) is 60.7 Å². The normalized spacial score (nSPS) is 10.3. The molecule has 3 aromatic carbocycles. The van der Waals surface area contributed by atoms with Crippen LogP contribution in [0.5, 0.6) is 23.0 Å². The second-order valence-electron chi connectivity index (χ2n) is 5.86. The number of carbonyl (C=O) groups excluding carboxylic acids is 1. The smallest absolute Gasteiger partial charge is 0.203 e. The van der Waals surface area contributed by atoms with E-state index in [0.717, 1.165) is 17.4 Å². The number of benzene rings is 3. The van der Waals surface area contributed by atoms with Crippen molar-refractivity contribution in [3.05, 3.63) is 71.8 Å². The molecule has 0 amide bonds. The van der Waals surface area contributed by atoms with Crippen molar-refractivity contribution < 1.29 is 19.0 Å². The van der Waals surface area contributed by atoms with Gasteiger partial charge in [-0.2, -0.15) is 0 Å². The molecule has 0 N–H and O–H groups in total. The fourth-order valence-electron chi connectivity index (χ4n) is 2.68. The maximum absolute atomic E-state index is 11.2. The monoisotopic (exact) mass is 348 g/mol. The maximum atomic E-state index is 11.2. The minimum atomic E-state index is 0.428. The first-order valence-corrected chi connectivity index (χ1v) is 8.20. The molecule has 0 heterocycles. The Morgan fingerprint density at radius 1 is 0.769 bits per heavy atom. The number of aldehydes is 1. The zero-order valence-corrected chi connectivity index (χ0v) is 15.0. The third kappa shape index (κ3) is 3.70. The number of hydrogen-bond acceptors (Lipinski definition) is 4. The SMILES string of the molecule is COc1cc(C=O)cc(Oc2ccc(-c3ccc(C)cc3)cc2)c1OC. The third-order valence-corrected chi connectivity index (χ3v) is 4.07. The lowest BCUT2D eigenvalue weighted by Crippen LogP contribution is -1.96. The molecule has 4 heteroatoms. The molecule has 3 rings (SSSR count). The predicted molar refractivity (Wildman–Crippen MR) is 102 cm³/mol. The Morgan fingerprint density at radius 2 is 1.35 bits per heavy atom. The molecule has 0 atom stereocenters. The summed E-state index contributed by atoms with van der Waals surface area (Å²) >= 11 is 0. The molecule has 0 radical (unpaired) electrons. The van der Waals surface area contributed by atoms with E-state index in [2.05, 4.69) is 31.2 Å². The van der Waals surface area contributed by atoms with Crippen LogP contribution in [-0.4, -0.2) is 20.5 Å². The summed E-state index contributed by atoms with van der Waals surface area (Å²) in [6.45, 7) is 2.07. The van der Waals surface area contributed by atoms with E-state index < -0.39 is 0 Å². The summed E-state index contributed by atoms with van der Waals surface area (Å²) in [6, 6.07) is 19.3. The lowest BCUT2D eigenvalue weighted by molar-refractivity contribution is 0.112. The van der Waals surface area contributed by atoms with Crippen LogP contribution < -0.4 is 14.2 Å². The van der Waals surface area contributed by atoms with Gasteiger partial charge in [-0.25, -0.2) is 0 Å². The molecular weight excluding hydrogens is 328 g/mol. The van der Waals surface area contributed by atoms with Gasteiger partial charge in [-0.05, 0) is 42.3 Å². The summed E-state index contributed by atoms with van der Waals surface area (Å²) in [6.07, 6.45) is 0.745. The van der Waals surface area contributed by atoms with Crippen molar-refractivity contribution in [1.29, 1.82) is 0 Å². The average molecular weight is 348 g/mol. The predicted octanol–water partition coefficient (Wildman–Crippen LogP) is 5.28. The number of rotatable bonds is 6. The van der Waals surface area contributed by atoms with E-state index in [1.807, 2.05) is 24.3 Å². The van der Waals surface area contributed by atoms with Crippen LogP contribution >= 0.6 is 0 Å². The van der Waals surface area contributed by atoms with Crippen LogP contribution in [0.25, 0.3) is 11.1 Å². The number of hydrogen-bond donors (Lipinski definition) is 0. The molecule has 132 valence electrons. The van der Waals surface area contributed by atoms with Crippen molar-refractivity contribution in [2.45, 2.75) is 6.92 Å². The largest absolute Gasteiger partial charge is 0.493 e. The van der Waals surface area contributed by atoms with Crippen LogP contribution in [0.3, 0.4) is 0 Å². The molecule has 4 nitrogen and oxygen atoms in total. The zero-order chi connectivity index (χ0) is 18.5. The Hall–Kier alpha value is -3.27. The van der Waals surface area contributed by atoms with Crippen molar-refractivity contribution >= 4 is 6.29 Å². The van der Waals surface area contributed by atoms with Gasteiger partial charge in [-0.1, -0.05) is 42.0 Å². The first-order valence-electron chi connectivity index (χ1n) is 8.20. The summed E-state index contributed by atoms with van der Waals surface area (Å²) in [7, 11) is 3.05. The lowest BCUT2D eigenvalue weighted by atomic mass is 10.0. The first-order chi connectivity index (χ1) is 12.6. The second kappa shape index (κ2) is 7.74. The Kier molecular flexibility index (Phi) is 5.23. The number of aryl methyl sites for hydroxylation is 1. The zero-order valence-electron chi connectivity index (χ0n) is 15.0. The van der Waals surface area contributed by atoms with Crippen molar-refractivity contribution in [3.8, 4) is 34.1 Å². The molecule has 0 spiro atoms. The highest BCUT2D eigenvalue weighted by atomic mass is 16.5. The fourth-order valence-corrected chi connectivity index (χ4v) is 2.68. The minimum Gasteiger partial charge on any atom is -0.493 e. The van der Waals surface area contributed by atoms with E-state index in [4.69, 9.17) is 14.2 Å². The van der Waals surface area contributed by atoms with E-state index in [0.29, 0.717) is 28.6 Å². The Morgan fingerprint density at radius 3 is 1.88 bits per heavy atom. The fraction of sp³-hybridized carbons (Fsp3) is 0.136. The summed E-state index contributed by atoms with van der Waals surface area (Å²) in [4.78, 5) is 11.2. The molecule has 0 fully saturated rings. The third-order valence-electron chi connectivity index (χ3n) is 4.07. The topological polar surface area (TPSA) is 44.8 Å². The van der Waals surface area contributed by atoms with E-state index in [1.165, 1.54) is 19.8 Å². The van der Waals surface area contributed by atoms with E-state index in [9.17, 15) is 4.79 Å². The highest BCUT2D eigenvalue weighted by Gasteiger charge is 2.14. The summed E-state index contributed by atoms with van der Waals surface area (Å²) in [5.41, 5.74) is 3.92. The summed E-state index contributed by atoms with van der Waals surface area (Å²) in [5, 5.41) is 0. The molecule has 3 aromatic rings. The van der Waals surface area contributed by atoms with Gasteiger partial charge in [0, 0.05) is 5.56 Å². The average Bonchev–Trinajstić information content (AvgIpc) is 2.68. The molecular formula is C22H20O4. The van der Waals surface area contributed by atoms with Crippen LogP contribution in [0.1, 0.15) is 15.9 Å². The van der Waals surface area contributed by atoms with Crippen molar-refractivity contribution in [1.82, 2.24) is 0 Å². The van der Waals surface area contributed by atoms with Gasteiger partial charge in [-0.15, -0.1) is 0 Å². The number of ether oxygens (including phenoxy) is 3. The standard InChI is InChI=1S/C22H20O4/c1-15-4-6-17(7-5-15)18-8-10-19(11-9-18)26-21-13-16(14-23)12-20(24-2)22(21)25-3/h4-14H,1-3H3. The second-order valence-corrected chi connectivity index (χ2v) is 5.86. The minimum absolute atomic E-state index is 0.428. The Bertz CT molecular complexity index is 897. The van der Waals surface area contributed by atoms with E-state index in [1.54, 1.807) is 12.1 Å². The van der Waals surface area contributed by atoms with Gasteiger partial charge in [0.15, 0.2) is 11.5 Å². The molecule has 0 unspecified atom stereocenters. The quantitative estimate of drug-likeness (QED) is 0.568. The maximum Gasteiger partial charge on any atom is 0.203 e. The molecule has 0 bridgehead atoms. The first kappa shape index (κ1) is 17.5. The van der Waals surface area contributed by atoms with E-state index >= 15 is 0 Å². The van der Waals surface area contributed by atoms with E-state index in [-0.39, 0.29) is 0 Å². The Balaban J connectivity index is 1.89. The van der Waals surface area contributed by atoms with Gasteiger partial charge in [0.05, 0.1) is 14.2 Å². The molecule has 26 heavy (non-hydrogen) atoms. The van der Waals surface area contributed by atoms with Gasteiger partial charge < -0.3 is 14.2 Å². The van der Waals surface area contributed by atoms with Crippen LogP contribution in [0.2, 0.25) is 0 Å². The summed E-state index contributed by atoms with van der Waals surface area (Å²) in [5.74, 6) is 1.96. The van der Waals surface area contributed by atoms with Gasteiger partial charge in [0.2, 0.25) is 5.75 Å². The molecule has 0 saturated heterocycles. The highest BCUT2D eigenvalue weighted by Crippen LogP contribution is 2.40. The Labute approximate surface area is 153 Å². The molecule has 0 aliphatic carbocycles.